The van der Waals surface area contributed by atoms with E-state index in [0.29, 0.717) is 5.92 Å². The van der Waals surface area contributed by atoms with Gasteiger partial charge >= 0.3 is 0 Å². The van der Waals surface area contributed by atoms with Crippen molar-refractivity contribution in [3.8, 4) is 0 Å². The summed E-state index contributed by atoms with van der Waals surface area (Å²) in [5.74, 6) is 1.37. The van der Waals surface area contributed by atoms with E-state index < -0.39 is 0 Å². The van der Waals surface area contributed by atoms with Crippen LogP contribution in [0.1, 0.15) is 43.7 Å². The summed E-state index contributed by atoms with van der Waals surface area (Å²) in [4.78, 5) is 2.46. The fourth-order valence-corrected chi connectivity index (χ4v) is 5.30. The van der Waals surface area contributed by atoms with E-state index in [1.807, 2.05) is 0 Å². The van der Waals surface area contributed by atoms with Crippen molar-refractivity contribution in [2.24, 2.45) is 11.8 Å². The molecule has 1 heteroatoms. The number of allylic oxidation sites excluding steroid dienone is 8. The highest BCUT2D eigenvalue weighted by Crippen LogP contribution is 2.47. The van der Waals surface area contributed by atoms with E-state index in [0.717, 1.165) is 12.3 Å². The maximum Gasteiger partial charge on any atom is 0.0458 e. The van der Waals surface area contributed by atoms with Crippen LogP contribution in [0.5, 0.6) is 0 Å². The molecular weight excluding hydrogens is 362 g/mol. The van der Waals surface area contributed by atoms with Crippen LogP contribution in [0.15, 0.2) is 95.3 Å². The molecule has 2 aromatic rings. The van der Waals surface area contributed by atoms with Crippen LogP contribution >= 0.6 is 0 Å². The van der Waals surface area contributed by atoms with Gasteiger partial charge < -0.3 is 4.90 Å². The summed E-state index contributed by atoms with van der Waals surface area (Å²) in [7, 11) is 0. The molecule has 0 spiro atoms. The van der Waals surface area contributed by atoms with Crippen LogP contribution in [0.4, 0.5) is 11.4 Å². The predicted molar refractivity (Wildman–Crippen MR) is 128 cm³/mol. The first-order valence-electron chi connectivity index (χ1n) is 11.3. The van der Waals surface area contributed by atoms with Gasteiger partial charge in [0.05, 0.1) is 0 Å². The molecule has 30 heavy (non-hydrogen) atoms. The molecule has 0 saturated heterocycles. The smallest absolute Gasteiger partial charge is 0.0458 e. The highest BCUT2D eigenvalue weighted by molar-refractivity contribution is 5.70. The normalized spacial score (nSPS) is 22.8. The third-order valence-electron chi connectivity index (χ3n) is 6.97. The van der Waals surface area contributed by atoms with Crippen molar-refractivity contribution >= 4 is 11.4 Å². The molecule has 0 N–H and O–H groups in total. The van der Waals surface area contributed by atoms with Gasteiger partial charge in [-0.2, -0.15) is 0 Å². The van der Waals surface area contributed by atoms with Crippen molar-refractivity contribution in [1.29, 1.82) is 0 Å². The standard InChI is InChI=1S/C29H31N/c1-20-4-11-25(12-5-20)30(26-13-6-21(2)7-14-26)27-15-17-29-24(19-27)10-9-23-18-22(3)8-16-28(23)29/h4-8,11-17,23-24H,9-10,18-19H2,1-3H3. The van der Waals surface area contributed by atoms with E-state index in [2.05, 4.69) is 98.5 Å². The SMILES string of the molecule is CC1=CC=C2C3=CC=C(N(c4ccc(C)cc4)c4ccc(C)cc4)CC3CCC2C1. The number of hydrogen-bond donors (Lipinski definition) is 0. The molecule has 0 heterocycles. The fraction of sp³-hybridized carbons (Fsp3) is 0.310. The second-order valence-corrected chi connectivity index (χ2v) is 9.30. The Labute approximate surface area is 181 Å². The quantitative estimate of drug-likeness (QED) is 0.511. The van der Waals surface area contributed by atoms with Crippen molar-refractivity contribution < 1.29 is 0 Å². The van der Waals surface area contributed by atoms with E-state index in [-0.39, 0.29) is 0 Å². The Morgan fingerprint density at radius 1 is 0.600 bits per heavy atom. The molecule has 2 atom stereocenters. The average Bonchev–Trinajstić information content (AvgIpc) is 2.76. The molecule has 2 aromatic carbocycles. The highest BCUT2D eigenvalue weighted by atomic mass is 15.1. The van der Waals surface area contributed by atoms with Crippen molar-refractivity contribution in [1.82, 2.24) is 0 Å². The van der Waals surface area contributed by atoms with Gasteiger partial charge in [-0.3, -0.25) is 0 Å². The number of rotatable bonds is 3. The molecule has 0 amide bonds. The van der Waals surface area contributed by atoms with Crippen molar-refractivity contribution in [3.63, 3.8) is 0 Å². The van der Waals surface area contributed by atoms with Crippen molar-refractivity contribution in [2.75, 3.05) is 4.90 Å². The Bertz CT molecular complexity index is 1010. The van der Waals surface area contributed by atoms with Crippen molar-refractivity contribution in [2.45, 2.75) is 46.5 Å². The molecule has 2 unspecified atom stereocenters. The van der Waals surface area contributed by atoms with Crippen LogP contribution in [-0.2, 0) is 0 Å². The largest absolute Gasteiger partial charge is 0.314 e. The van der Waals surface area contributed by atoms with Crippen LogP contribution in [0.3, 0.4) is 0 Å². The topological polar surface area (TPSA) is 3.24 Å². The Kier molecular flexibility index (Phi) is 4.98. The maximum atomic E-state index is 2.46. The first kappa shape index (κ1) is 19.2. The number of fused-ring (bicyclic) bond motifs is 3. The molecule has 0 aromatic heterocycles. The second-order valence-electron chi connectivity index (χ2n) is 9.30. The lowest BCUT2D eigenvalue weighted by molar-refractivity contribution is 0.402. The van der Waals surface area contributed by atoms with Crippen LogP contribution in [0, 0.1) is 25.7 Å². The molecule has 1 nitrogen and oxygen atoms in total. The Morgan fingerprint density at radius 3 is 1.67 bits per heavy atom. The summed E-state index contributed by atoms with van der Waals surface area (Å²) in [5, 5.41) is 0. The van der Waals surface area contributed by atoms with Gasteiger partial charge in [0.25, 0.3) is 0 Å². The molecule has 152 valence electrons. The van der Waals surface area contributed by atoms with Gasteiger partial charge in [-0.15, -0.1) is 0 Å². The zero-order chi connectivity index (χ0) is 20.7. The summed E-state index contributed by atoms with van der Waals surface area (Å²) < 4.78 is 0. The van der Waals surface area contributed by atoms with E-state index in [9.17, 15) is 0 Å². The molecule has 3 aliphatic carbocycles. The van der Waals surface area contributed by atoms with E-state index in [4.69, 9.17) is 0 Å². The van der Waals surface area contributed by atoms with Gasteiger partial charge in [-0.25, -0.2) is 0 Å². The van der Waals surface area contributed by atoms with Crippen LogP contribution in [0.25, 0.3) is 0 Å². The molecular formula is C29H31N. The summed E-state index contributed by atoms with van der Waals surface area (Å²) in [6.07, 6.45) is 14.5. The Morgan fingerprint density at radius 2 is 1.10 bits per heavy atom. The Balaban J connectivity index is 1.55. The summed E-state index contributed by atoms with van der Waals surface area (Å²) in [6.45, 7) is 6.58. The molecule has 5 rings (SSSR count). The number of anilines is 2. The van der Waals surface area contributed by atoms with Gasteiger partial charge in [-0.1, -0.05) is 59.2 Å². The lowest BCUT2D eigenvalue weighted by Crippen LogP contribution is -2.27. The average molecular weight is 394 g/mol. The van der Waals surface area contributed by atoms with E-state index in [1.54, 1.807) is 11.1 Å². The minimum absolute atomic E-state index is 0.637. The third-order valence-corrected chi connectivity index (χ3v) is 6.97. The van der Waals surface area contributed by atoms with Gasteiger partial charge in [-0.05, 0) is 99.8 Å². The molecule has 1 saturated carbocycles. The lowest BCUT2D eigenvalue weighted by Gasteiger charge is -2.40. The van der Waals surface area contributed by atoms with E-state index >= 15 is 0 Å². The van der Waals surface area contributed by atoms with Crippen LogP contribution in [-0.4, -0.2) is 0 Å². The molecule has 1 fully saturated rings. The first-order valence-corrected chi connectivity index (χ1v) is 11.3. The summed E-state index contributed by atoms with van der Waals surface area (Å²) in [5.41, 5.74) is 11.2. The first-order chi connectivity index (χ1) is 14.6. The van der Waals surface area contributed by atoms with Gasteiger partial charge in [0, 0.05) is 17.1 Å². The van der Waals surface area contributed by atoms with Gasteiger partial charge in [0.15, 0.2) is 0 Å². The monoisotopic (exact) mass is 393 g/mol. The zero-order valence-electron chi connectivity index (χ0n) is 18.4. The minimum atomic E-state index is 0.637. The Hall–Kier alpha value is -2.80. The number of nitrogens with zero attached hydrogens (tertiary/aromatic N) is 1. The van der Waals surface area contributed by atoms with Crippen LogP contribution in [0.2, 0.25) is 0 Å². The second kappa shape index (κ2) is 7.80. The van der Waals surface area contributed by atoms with Gasteiger partial charge in [0.1, 0.15) is 0 Å². The highest BCUT2D eigenvalue weighted by Gasteiger charge is 2.33. The number of hydrogen-bond acceptors (Lipinski definition) is 1. The third kappa shape index (κ3) is 3.58. The fourth-order valence-electron chi connectivity index (χ4n) is 5.30. The maximum absolute atomic E-state index is 2.46. The predicted octanol–water partition coefficient (Wildman–Crippen LogP) is 7.96. The number of aryl methyl sites for hydroxylation is 2. The van der Waals surface area contributed by atoms with E-state index in [1.165, 1.54) is 53.0 Å². The molecule has 0 bridgehead atoms. The summed E-state index contributed by atoms with van der Waals surface area (Å²) >= 11 is 0. The summed E-state index contributed by atoms with van der Waals surface area (Å²) in [6, 6.07) is 17.9. The van der Waals surface area contributed by atoms with Crippen molar-refractivity contribution in [3.05, 3.63) is 106 Å². The molecule has 0 radical (unpaired) electrons. The number of benzene rings is 2. The zero-order valence-corrected chi connectivity index (χ0v) is 18.4. The molecule has 0 aliphatic heterocycles. The van der Waals surface area contributed by atoms with Crippen LogP contribution < -0.4 is 4.90 Å². The minimum Gasteiger partial charge on any atom is -0.314 e. The molecule has 3 aliphatic rings. The van der Waals surface area contributed by atoms with Gasteiger partial charge in [0.2, 0.25) is 0 Å². The lowest BCUT2D eigenvalue weighted by atomic mass is 9.68.